The summed E-state index contributed by atoms with van der Waals surface area (Å²) < 4.78 is 0. The second kappa shape index (κ2) is 10.7. The van der Waals surface area contributed by atoms with Crippen LogP contribution >= 0.6 is 11.3 Å². The molecule has 0 spiro atoms. The first kappa shape index (κ1) is 18.1. The molecule has 1 aromatic heterocycles. The number of allylic oxidation sites excluding steroid dienone is 1. The van der Waals surface area contributed by atoms with Crippen LogP contribution in [0.3, 0.4) is 0 Å². The van der Waals surface area contributed by atoms with Crippen molar-refractivity contribution in [3.8, 4) is 0 Å². The Balaban J connectivity index is 2.73. The van der Waals surface area contributed by atoms with Crippen LogP contribution in [0.5, 0.6) is 0 Å². The van der Waals surface area contributed by atoms with E-state index in [-0.39, 0.29) is 5.78 Å². The Morgan fingerprint density at radius 2 is 2.33 bits per heavy atom. The summed E-state index contributed by atoms with van der Waals surface area (Å²) in [6.45, 7) is 8.11. The van der Waals surface area contributed by atoms with Gasteiger partial charge in [-0.2, -0.15) is 0 Å². The first-order valence-corrected chi connectivity index (χ1v) is 8.73. The van der Waals surface area contributed by atoms with Crippen molar-refractivity contribution in [1.82, 2.24) is 5.32 Å². The minimum absolute atomic E-state index is 0.144. The minimum Gasteiger partial charge on any atom is -0.329 e. The predicted molar refractivity (Wildman–Crippen MR) is 91.8 cm³/mol. The molecule has 0 aromatic carbocycles. The minimum atomic E-state index is 0.144. The number of rotatable bonds is 12. The molecule has 0 bridgehead atoms. The van der Waals surface area contributed by atoms with Gasteiger partial charge in [0.15, 0.2) is 5.78 Å². The molecule has 0 fully saturated rings. The molecule has 0 aliphatic carbocycles. The molecule has 21 heavy (non-hydrogen) atoms. The van der Waals surface area contributed by atoms with Crippen LogP contribution in [0.25, 0.3) is 0 Å². The largest absolute Gasteiger partial charge is 0.329 e. The summed E-state index contributed by atoms with van der Waals surface area (Å²) in [7, 11) is 0. The van der Waals surface area contributed by atoms with E-state index in [4.69, 9.17) is 5.73 Å². The number of unbranched alkanes of at least 4 members (excludes halogenated alkanes) is 2. The topological polar surface area (TPSA) is 55.1 Å². The van der Waals surface area contributed by atoms with E-state index >= 15 is 0 Å². The highest BCUT2D eigenvalue weighted by Gasteiger charge is 2.18. The van der Waals surface area contributed by atoms with Crippen LogP contribution in [0, 0.1) is 0 Å². The van der Waals surface area contributed by atoms with E-state index in [1.54, 1.807) is 11.3 Å². The summed E-state index contributed by atoms with van der Waals surface area (Å²) >= 11 is 1.77. The van der Waals surface area contributed by atoms with Gasteiger partial charge in [0.05, 0.1) is 0 Å². The van der Waals surface area contributed by atoms with E-state index in [0.29, 0.717) is 18.9 Å². The Morgan fingerprint density at radius 1 is 1.52 bits per heavy atom. The van der Waals surface area contributed by atoms with Gasteiger partial charge >= 0.3 is 0 Å². The van der Waals surface area contributed by atoms with Gasteiger partial charge in [-0.3, -0.25) is 4.79 Å². The van der Waals surface area contributed by atoms with Crippen molar-refractivity contribution in [2.24, 2.45) is 5.73 Å². The molecule has 3 N–H and O–H groups in total. The molecule has 1 rings (SSSR count). The number of hydrogen-bond acceptors (Lipinski definition) is 4. The average molecular weight is 308 g/mol. The molecule has 0 saturated heterocycles. The number of hydrogen-bond donors (Lipinski definition) is 2. The highest BCUT2D eigenvalue weighted by Crippen LogP contribution is 2.33. The third kappa shape index (κ3) is 6.55. The summed E-state index contributed by atoms with van der Waals surface area (Å²) in [5, 5.41) is 5.47. The molecule has 1 aromatic rings. The summed E-state index contributed by atoms with van der Waals surface area (Å²) in [5.74, 6) is 0.475. The van der Waals surface area contributed by atoms with Crippen LogP contribution in [0.15, 0.2) is 24.1 Å². The Hall–Kier alpha value is -0.970. The van der Waals surface area contributed by atoms with Gasteiger partial charge in [0.1, 0.15) is 0 Å². The van der Waals surface area contributed by atoms with Crippen molar-refractivity contribution in [2.75, 3.05) is 13.1 Å². The number of carbonyl (C=O) groups excluding carboxylic acids is 1. The van der Waals surface area contributed by atoms with E-state index < -0.39 is 0 Å². The number of thiophene rings is 1. The van der Waals surface area contributed by atoms with Crippen LogP contribution < -0.4 is 11.1 Å². The predicted octanol–water partition coefficient (Wildman–Crippen LogP) is 3.61. The highest BCUT2D eigenvalue weighted by molar-refractivity contribution is 7.10. The van der Waals surface area contributed by atoms with Crippen molar-refractivity contribution in [1.29, 1.82) is 0 Å². The maximum absolute atomic E-state index is 11.8. The number of nitrogens with two attached hydrogens (primary N) is 1. The monoisotopic (exact) mass is 308 g/mol. The zero-order valence-electron chi connectivity index (χ0n) is 13.1. The van der Waals surface area contributed by atoms with Crippen molar-refractivity contribution in [3.63, 3.8) is 0 Å². The molecule has 0 amide bonds. The van der Waals surface area contributed by atoms with Gasteiger partial charge in [-0.05, 0) is 29.5 Å². The molecule has 4 heteroatoms. The Bertz CT molecular complexity index is 428. The zero-order valence-corrected chi connectivity index (χ0v) is 13.9. The molecular weight excluding hydrogens is 280 g/mol. The third-order valence-corrected chi connectivity index (χ3v) is 4.74. The normalized spacial score (nSPS) is 12.3. The molecule has 1 heterocycles. The van der Waals surface area contributed by atoms with Crippen molar-refractivity contribution >= 4 is 17.1 Å². The maximum atomic E-state index is 11.8. The molecule has 0 aliphatic heterocycles. The van der Waals surface area contributed by atoms with Gasteiger partial charge in [-0.25, -0.2) is 0 Å². The van der Waals surface area contributed by atoms with Crippen molar-refractivity contribution in [2.45, 2.75) is 51.5 Å². The summed E-state index contributed by atoms with van der Waals surface area (Å²) in [6.07, 6.45) is 6.73. The zero-order chi connectivity index (χ0) is 15.5. The smallest absolute Gasteiger partial charge is 0.155 e. The van der Waals surface area contributed by atoms with Gasteiger partial charge in [-0.15, -0.1) is 11.3 Å². The summed E-state index contributed by atoms with van der Waals surface area (Å²) in [6, 6.07) is 2.16. The lowest BCUT2D eigenvalue weighted by Crippen LogP contribution is -2.22. The van der Waals surface area contributed by atoms with Crippen LogP contribution in [0.4, 0.5) is 0 Å². The van der Waals surface area contributed by atoms with Crippen LogP contribution in [0.2, 0.25) is 0 Å². The lowest BCUT2D eigenvalue weighted by atomic mass is 9.92. The molecule has 0 radical (unpaired) electrons. The molecule has 0 aliphatic rings. The molecule has 1 unspecified atom stereocenters. The second-order valence-electron chi connectivity index (χ2n) is 5.34. The summed E-state index contributed by atoms with van der Waals surface area (Å²) in [4.78, 5) is 13.1. The first-order valence-electron chi connectivity index (χ1n) is 7.85. The first-order chi connectivity index (χ1) is 10.2. The fraction of sp³-hybridized carbons (Fsp3) is 0.588. The average Bonchev–Trinajstić information content (AvgIpc) is 2.95. The van der Waals surface area contributed by atoms with Gasteiger partial charge in [-0.1, -0.05) is 32.8 Å². The lowest BCUT2D eigenvalue weighted by molar-refractivity contribution is -0.115. The van der Waals surface area contributed by atoms with Crippen LogP contribution in [-0.4, -0.2) is 18.9 Å². The van der Waals surface area contributed by atoms with Gasteiger partial charge in [0, 0.05) is 36.9 Å². The van der Waals surface area contributed by atoms with Gasteiger partial charge < -0.3 is 11.1 Å². The quantitative estimate of drug-likeness (QED) is 0.458. The standard InChI is InChI=1S/C17H28N2OS/c1-3-5-6-7-14(12-16(20)4-2)17-15(8-11-21-17)13-19-10-9-18/h4,8,11,14,19H,2-3,5-7,9-10,12-13,18H2,1H3. The van der Waals surface area contributed by atoms with E-state index in [1.165, 1.54) is 35.8 Å². The fourth-order valence-corrected chi connectivity index (χ4v) is 3.53. The van der Waals surface area contributed by atoms with Crippen LogP contribution in [0.1, 0.15) is 55.4 Å². The Kier molecular flexibility index (Phi) is 9.22. The fourth-order valence-electron chi connectivity index (χ4n) is 2.47. The van der Waals surface area contributed by atoms with E-state index in [0.717, 1.165) is 19.5 Å². The second-order valence-corrected chi connectivity index (χ2v) is 6.29. The highest BCUT2D eigenvalue weighted by atomic mass is 32.1. The molecule has 3 nitrogen and oxygen atoms in total. The van der Waals surface area contributed by atoms with Crippen LogP contribution in [-0.2, 0) is 11.3 Å². The number of ketones is 1. The van der Waals surface area contributed by atoms with E-state index in [1.807, 2.05) is 0 Å². The Morgan fingerprint density at radius 3 is 3.00 bits per heavy atom. The molecule has 118 valence electrons. The third-order valence-electron chi connectivity index (χ3n) is 3.62. The number of nitrogens with one attached hydrogen (secondary N) is 1. The summed E-state index contributed by atoms with van der Waals surface area (Å²) in [5.41, 5.74) is 6.83. The van der Waals surface area contributed by atoms with Gasteiger partial charge in [0.2, 0.25) is 0 Å². The van der Waals surface area contributed by atoms with Gasteiger partial charge in [0.25, 0.3) is 0 Å². The number of carbonyl (C=O) groups is 1. The maximum Gasteiger partial charge on any atom is 0.155 e. The lowest BCUT2D eigenvalue weighted by Gasteiger charge is -2.16. The Labute approximate surface area is 132 Å². The van der Waals surface area contributed by atoms with Crippen molar-refractivity contribution in [3.05, 3.63) is 34.5 Å². The van der Waals surface area contributed by atoms with E-state index in [9.17, 15) is 4.79 Å². The SMILES string of the molecule is C=CC(=O)CC(CCCCC)c1sccc1CNCCN. The molecule has 0 saturated carbocycles. The van der Waals surface area contributed by atoms with E-state index in [2.05, 4.69) is 30.3 Å². The van der Waals surface area contributed by atoms with Crippen molar-refractivity contribution < 1.29 is 4.79 Å². The molecular formula is C17H28N2OS. The molecule has 1 atom stereocenters.